The van der Waals surface area contributed by atoms with Gasteiger partial charge in [-0.3, -0.25) is 0 Å². The molecule has 0 unspecified atom stereocenters. The van der Waals surface area contributed by atoms with Gasteiger partial charge in [0.05, 0.1) is 6.10 Å². The van der Waals surface area contributed by atoms with E-state index in [9.17, 15) is 10.2 Å². The molecule has 4 heteroatoms. The second-order valence-electron chi connectivity index (χ2n) is 6.32. The number of fused-ring (bicyclic) bond motifs is 1. The summed E-state index contributed by atoms with van der Waals surface area (Å²) in [6.07, 6.45) is 0.652. The van der Waals surface area contributed by atoms with Crippen molar-refractivity contribution in [1.82, 2.24) is 5.32 Å². The number of hydrogen-bond acceptors (Lipinski definition) is 4. The zero-order valence-electron chi connectivity index (χ0n) is 13.4. The third kappa shape index (κ3) is 3.76. The molecule has 3 N–H and O–H groups in total. The molecule has 0 aromatic heterocycles. The molecule has 1 aromatic rings. The number of aliphatic hydroxyl groups excluding tert-OH is 2. The van der Waals surface area contributed by atoms with E-state index in [0.29, 0.717) is 6.04 Å². The maximum absolute atomic E-state index is 10.1. The lowest BCUT2D eigenvalue weighted by Gasteiger charge is -2.23. The minimum atomic E-state index is -0.560. The molecule has 118 valence electrons. The van der Waals surface area contributed by atoms with Crippen molar-refractivity contribution in [2.45, 2.75) is 64.8 Å². The van der Waals surface area contributed by atoms with E-state index < -0.39 is 6.10 Å². The highest BCUT2D eigenvalue weighted by molar-refractivity contribution is 5.48. The van der Waals surface area contributed by atoms with Crippen LogP contribution in [-0.4, -0.2) is 35.0 Å². The monoisotopic (exact) mass is 293 g/mol. The van der Waals surface area contributed by atoms with E-state index in [1.807, 2.05) is 26.0 Å². The number of hydrogen-bond donors (Lipinski definition) is 3. The van der Waals surface area contributed by atoms with Crippen molar-refractivity contribution in [1.29, 1.82) is 0 Å². The first kappa shape index (κ1) is 16.3. The lowest BCUT2D eigenvalue weighted by molar-refractivity contribution is 0.0755. The van der Waals surface area contributed by atoms with Crippen LogP contribution in [0.15, 0.2) is 12.1 Å². The van der Waals surface area contributed by atoms with Crippen LogP contribution < -0.4 is 10.1 Å². The van der Waals surface area contributed by atoms with Crippen LogP contribution in [0.3, 0.4) is 0 Å². The van der Waals surface area contributed by atoms with Gasteiger partial charge in [-0.05, 0) is 43.9 Å². The van der Waals surface area contributed by atoms with Crippen molar-refractivity contribution < 1.29 is 14.9 Å². The van der Waals surface area contributed by atoms with Crippen molar-refractivity contribution >= 4 is 0 Å². The smallest absolute Gasteiger partial charge is 0.123 e. The lowest BCUT2D eigenvalue weighted by Crippen LogP contribution is -2.43. The van der Waals surface area contributed by atoms with Crippen LogP contribution in [-0.2, 0) is 6.42 Å². The van der Waals surface area contributed by atoms with Crippen LogP contribution in [0.25, 0.3) is 0 Å². The summed E-state index contributed by atoms with van der Waals surface area (Å²) in [6.45, 7) is 8.33. The van der Waals surface area contributed by atoms with Crippen molar-refractivity contribution in [2.75, 3.05) is 6.61 Å². The molecule has 0 amide bonds. The molecular formula is C17H27NO3. The van der Waals surface area contributed by atoms with E-state index >= 15 is 0 Å². The summed E-state index contributed by atoms with van der Waals surface area (Å²) in [5.74, 6) is 0.794. The first-order valence-corrected chi connectivity index (χ1v) is 7.77. The second kappa shape index (κ2) is 6.77. The average Bonchev–Trinajstić information content (AvgIpc) is 2.80. The highest BCUT2D eigenvalue weighted by Crippen LogP contribution is 2.39. The SMILES string of the molecule is Cc1ccc(OC[C@@H](O)[C@H](C)NC(C)C)c2c1[C@H](O)CC2. The minimum Gasteiger partial charge on any atom is -0.491 e. The van der Waals surface area contributed by atoms with Crippen molar-refractivity contribution in [3.05, 3.63) is 28.8 Å². The van der Waals surface area contributed by atoms with Crippen LogP contribution >= 0.6 is 0 Å². The van der Waals surface area contributed by atoms with Gasteiger partial charge in [0.15, 0.2) is 0 Å². The number of nitrogens with one attached hydrogen (secondary N) is 1. The summed E-state index contributed by atoms with van der Waals surface area (Å²) in [5.41, 5.74) is 3.22. The quantitative estimate of drug-likeness (QED) is 0.752. The Kier molecular flexibility index (Phi) is 5.25. The standard InChI is InChI=1S/C17H27NO3/c1-10(2)18-12(4)15(20)9-21-16-8-5-11(3)17-13(16)6-7-14(17)19/h5,8,10,12,14-15,18-20H,6-7,9H2,1-4H3/t12-,14+,15+/m0/s1. The molecule has 0 saturated carbocycles. The van der Waals surface area contributed by atoms with Crippen LogP contribution in [0.2, 0.25) is 0 Å². The number of aliphatic hydroxyl groups is 2. The lowest BCUT2D eigenvalue weighted by atomic mass is 10.0. The zero-order chi connectivity index (χ0) is 15.6. The Morgan fingerprint density at radius 1 is 1.33 bits per heavy atom. The molecule has 4 nitrogen and oxygen atoms in total. The van der Waals surface area contributed by atoms with E-state index in [4.69, 9.17) is 4.74 Å². The fourth-order valence-corrected chi connectivity index (χ4v) is 3.00. The molecule has 0 saturated heterocycles. The van der Waals surface area contributed by atoms with Crippen LogP contribution in [0.1, 0.15) is 50.0 Å². The molecule has 0 bridgehead atoms. The molecule has 0 radical (unpaired) electrons. The fourth-order valence-electron chi connectivity index (χ4n) is 3.00. The Hall–Kier alpha value is -1.10. The summed E-state index contributed by atoms with van der Waals surface area (Å²) < 4.78 is 5.82. The average molecular weight is 293 g/mol. The van der Waals surface area contributed by atoms with Crippen molar-refractivity contribution in [2.24, 2.45) is 0 Å². The molecule has 0 aliphatic heterocycles. The van der Waals surface area contributed by atoms with Gasteiger partial charge in [0.25, 0.3) is 0 Å². The summed E-state index contributed by atoms with van der Waals surface area (Å²) in [6, 6.07) is 4.23. The summed E-state index contributed by atoms with van der Waals surface area (Å²) >= 11 is 0. The van der Waals surface area contributed by atoms with E-state index in [-0.39, 0.29) is 18.8 Å². The number of benzene rings is 1. The first-order valence-electron chi connectivity index (χ1n) is 7.77. The highest BCUT2D eigenvalue weighted by atomic mass is 16.5. The maximum atomic E-state index is 10.1. The third-order valence-corrected chi connectivity index (χ3v) is 4.12. The van der Waals surface area contributed by atoms with E-state index in [1.165, 1.54) is 0 Å². The van der Waals surface area contributed by atoms with Crippen molar-refractivity contribution in [3.63, 3.8) is 0 Å². The Bertz CT molecular complexity index is 487. The molecule has 2 rings (SSSR count). The molecule has 1 aliphatic carbocycles. The highest BCUT2D eigenvalue weighted by Gasteiger charge is 2.26. The van der Waals surface area contributed by atoms with Gasteiger partial charge in [-0.25, -0.2) is 0 Å². The molecule has 1 aliphatic rings. The topological polar surface area (TPSA) is 61.7 Å². The van der Waals surface area contributed by atoms with Crippen LogP contribution in [0, 0.1) is 6.92 Å². The molecule has 0 spiro atoms. The van der Waals surface area contributed by atoms with Gasteiger partial charge in [0.2, 0.25) is 0 Å². The molecular weight excluding hydrogens is 266 g/mol. The summed E-state index contributed by atoms with van der Waals surface area (Å²) in [5, 5.41) is 23.5. The number of rotatable bonds is 6. The van der Waals surface area contributed by atoms with Gasteiger partial charge in [-0.1, -0.05) is 19.9 Å². The van der Waals surface area contributed by atoms with E-state index in [0.717, 1.165) is 35.3 Å². The summed E-state index contributed by atoms with van der Waals surface area (Å²) in [7, 11) is 0. The van der Waals surface area contributed by atoms with Gasteiger partial charge in [0, 0.05) is 17.6 Å². The van der Waals surface area contributed by atoms with Crippen LogP contribution in [0.4, 0.5) is 0 Å². The molecule has 0 fully saturated rings. The Balaban J connectivity index is 2.02. The molecule has 3 atom stereocenters. The maximum Gasteiger partial charge on any atom is 0.123 e. The first-order chi connectivity index (χ1) is 9.90. The van der Waals surface area contributed by atoms with Gasteiger partial charge in [-0.2, -0.15) is 0 Å². The zero-order valence-corrected chi connectivity index (χ0v) is 13.4. The Labute approximate surface area is 127 Å². The van der Waals surface area contributed by atoms with Crippen molar-refractivity contribution in [3.8, 4) is 5.75 Å². The Morgan fingerprint density at radius 3 is 2.71 bits per heavy atom. The van der Waals surface area contributed by atoms with Gasteiger partial charge >= 0.3 is 0 Å². The molecule has 0 heterocycles. The predicted molar refractivity (Wildman–Crippen MR) is 83.7 cm³/mol. The Morgan fingerprint density at radius 2 is 2.05 bits per heavy atom. The number of ether oxygens (including phenoxy) is 1. The fraction of sp³-hybridized carbons (Fsp3) is 0.647. The third-order valence-electron chi connectivity index (χ3n) is 4.12. The number of aryl methyl sites for hydroxylation is 1. The molecule has 1 aromatic carbocycles. The normalized spacial score (nSPS) is 20.4. The van der Waals surface area contributed by atoms with Gasteiger partial charge < -0.3 is 20.3 Å². The van der Waals surface area contributed by atoms with E-state index in [2.05, 4.69) is 19.2 Å². The largest absolute Gasteiger partial charge is 0.491 e. The van der Waals surface area contributed by atoms with Crippen LogP contribution in [0.5, 0.6) is 5.75 Å². The van der Waals surface area contributed by atoms with E-state index in [1.54, 1.807) is 0 Å². The van der Waals surface area contributed by atoms with Gasteiger partial charge in [0.1, 0.15) is 18.5 Å². The summed E-state index contributed by atoms with van der Waals surface area (Å²) in [4.78, 5) is 0. The minimum absolute atomic E-state index is 0.0194. The predicted octanol–water partition coefficient (Wildman–Crippen LogP) is 2.10. The second-order valence-corrected chi connectivity index (χ2v) is 6.32. The molecule has 21 heavy (non-hydrogen) atoms. The van der Waals surface area contributed by atoms with Gasteiger partial charge in [-0.15, -0.1) is 0 Å².